The second kappa shape index (κ2) is 8.80. The molecule has 0 fully saturated rings. The Kier molecular flexibility index (Phi) is 6.52. The molecule has 0 aliphatic rings. The Labute approximate surface area is 183 Å². The molecule has 0 saturated heterocycles. The van der Waals surface area contributed by atoms with Crippen LogP contribution in [0.2, 0.25) is 0 Å². The molecule has 0 N–H and O–H groups in total. The topological polar surface area (TPSA) is 81.5 Å². The third-order valence-corrected chi connectivity index (χ3v) is 7.35. The lowest BCUT2D eigenvalue weighted by Gasteiger charge is -2.12. The zero-order chi connectivity index (χ0) is 22.9. The van der Waals surface area contributed by atoms with Crippen molar-refractivity contribution in [3.63, 3.8) is 0 Å². The summed E-state index contributed by atoms with van der Waals surface area (Å²) in [5.74, 6) is 1.03. The summed E-state index contributed by atoms with van der Waals surface area (Å²) in [6.07, 6.45) is 0.583. The maximum Gasteiger partial charge on any atom is 0.311 e. The SMILES string of the molecule is CCn1c(CCC(=O)Oc2c(C)ccc(C)c2C)nc2cc(S(=O)(=O)N(C)C)ccc21. The molecule has 0 amide bonds. The van der Waals surface area contributed by atoms with Gasteiger partial charge in [-0.05, 0) is 62.6 Å². The van der Waals surface area contributed by atoms with Gasteiger partial charge in [-0.25, -0.2) is 17.7 Å². The van der Waals surface area contributed by atoms with Crippen molar-refractivity contribution in [2.75, 3.05) is 14.1 Å². The van der Waals surface area contributed by atoms with E-state index in [1.807, 2.05) is 44.4 Å². The maximum atomic E-state index is 12.5. The first kappa shape index (κ1) is 23.0. The highest BCUT2D eigenvalue weighted by Gasteiger charge is 2.20. The fourth-order valence-electron chi connectivity index (χ4n) is 3.54. The standard InChI is InChI=1S/C23H29N3O4S/c1-7-26-20-11-10-18(31(28,29)25(5)6)14-19(20)24-21(26)12-13-22(27)30-23-16(3)9-8-15(2)17(23)4/h8-11,14H,7,12-13H2,1-6H3. The van der Waals surface area contributed by atoms with E-state index in [4.69, 9.17) is 4.74 Å². The molecule has 0 radical (unpaired) electrons. The average Bonchev–Trinajstić information content (AvgIpc) is 3.09. The Morgan fingerprint density at radius 3 is 2.42 bits per heavy atom. The van der Waals surface area contributed by atoms with Gasteiger partial charge in [0.15, 0.2) is 0 Å². The van der Waals surface area contributed by atoms with Gasteiger partial charge in [0.25, 0.3) is 0 Å². The molecule has 31 heavy (non-hydrogen) atoms. The number of rotatable bonds is 7. The maximum absolute atomic E-state index is 12.5. The molecule has 0 bridgehead atoms. The number of carbonyl (C=O) groups excluding carboxylic acids is 1. The number of hydrogen-bond acceptors (Lipinski definition) is 5. The first-order chi connectivity index (χ1) is 14.6. The number of aryl methyl sites for hydroxylation is 4. The van der Waals surface area contributed by atoms with Crippen molar-refractivity contribution in [3.8, 4) is 5.75 Å². The Balaban J connectivity index is 1.83. The highest BCUT2D eigenvalue weighted by molar-refractivity contribution is 7.89. The highest BCUT2D eigenvalue weighted by Crippen LogP contribution is 2.27. The van der Waals surface area contributed by atoms with E-state index in [1.54, 1.807) is 18.2 Å². The van der Waals surface area contributed by atoms with Gasteiger partial charge in [-0.15, -0.1) is 0 Å². The molecule has 0 unspecified atom stereocenters. The zero-order valence-electron chi connectivity index (χ0n) is 18.9. The predicted molar refractivity (Wildman–Crippen MR) is 121 cm³/mol. The molecule has 3 aromatic rings. The summed E-state index contributed by atoms with van der Waals surface area (Å²) in [6.45, 7) is 8.51. The molecule has 8 heteroatoms. The number of benzene rings is 2. The molecule has 0 aliphatic heterocycles. The number of imidazole rings is 1. The number of esters is 1. The summed E-state index contributed by atoms with van der Waals surface area (Å²) < 4.78 is 33.7. The normalized spacial score (nSPS) is 12.0. The summed E-state index contributed by atoms with van der Waals surface area (Å²) in [4.78, 5) is 17.3. The van der Waals surface area contributed by atoms with Gasteiger partial charge in [0.2, 0.25) is 10.0 Å². The van der Waals surface area contributed by atoms with Gasteiger partial charge in [0.1, 0.15) is 11.6 Å². The minimum atomic E-state index is -3.54. The second-order valence-corrected chi connectivity index (χ2v) is 9.99. The summed E-state index contributed by atoms with van der Waals surface area (Å²) in [6, 6.07) is 8.89. The Morgan fingerprint density at radius 2 is 1.77 bits per heavy atom. The molecule has 3 rings (SSSR count). The van der Waals surface area contributed by atoms with Crippen molar-refractivity contribution in [2.24, 2.45) is 0 Å². The number of aromatic nitrogens is 2. The van der Waals surface area contributed by atoms with Crippen LogP contribution in [0.5, 0.6) is 5.75 Å². The quantitative estimate of drug-likeness (QED) is 0.410. The summed E-state index contributed by atoms with van der Waals surface area (Å²) >= 11 is 0. The van der Waals surface area contributed by atoms with Crippen LogP contribution in [0.1, 0.15) is 35.9 Å². The van der Waals surface area contributed by atoms with Crippen molar-refractivity contribution in [1.82, 2.24) is 13.9 Å². The summed E-state index contributed by atoms with van der Waals surface area (Å²) in [7, 11) is -0.543. The van der Waals surface area contributed by atoms with Crippen LogP contribution in [-0.4, -0.2) is 42.3 Å². The summed E-state index contributed by atoms with van der Waals surface area (Å²) in [5.41, 5.74) is 4.40. The molecule has 1 aromatic heterocycles. The minimum Gasteiger partial charge on any atom is -0.426 e. The lowest BCUT2D eigenvalue weighted by atomic mass is 10.1. The van der Waals surface area contributed by atoms with Crippen LogP contribution in [0.4, 0.5) is 0 Å². The van der Waals surface area contributed by atoms with Gasteiger partial charge in [-0.3, -0.25) is 4.79 Å². The van der Waals surface area contributed by atoms with E-state index < -0.39 is 10.0 Å². The van der Waals surface area contributed by atoms with Crippen molar-refractivity contribution < 1.29 is 17.9 Å². The van der Waals surface area contributed by atoms with Gasteiger partial charge >= 0.3 is 5.97 Å². The fraction of sp³-hybridized carbons (Fsp3) is 0.391. The average molecular weight is 444 g/mol. The minimum absolute atomic E-state index is 0.180. The number of ether oxygens (including phenoxy) is 1. The second-order valence-electron chi connectivity index (χ2n) is 7.84. The molecule has 0 aliphatic carbocycles. The number of nitrogens with zero attached hydrogens (tertiary/aromatic N) is 3. The first-order valence-electron chi connectivity index (χ1n) is 10.3. The molecule has 0 saturated carbocycles. The van der Waals surface area contributed by atoms with Crippen molar-refractivity contribution >= 4 is 27.0 Å². The smallest absolute Gasteiger partial charge is 0.311 e. The number of fused-ring (bicyclic) bond motifs is 1. The van der Waals surface area contributed by atoms with E-state index in [9.17, 15) is 13.2 Å². The van der Waals surface area contributed by atoms with Gasteiger partial charge < -0.3 is 9.30 Å². The third kappa shape index (κ3) is 4.50. The van der Waals surface area contributed by atoms with Crippen LogP contribution >= 0.6 is 0 Å². The van der Waals surface area contributed by atoms with E-state index in [-0.39, 0.29) is 17.3 Å². The van der Waals surface area contributed by atoms with Crippen LogP contribution in [-0.2, 0) is 27.8 Å². The van der Waals surface area contributed by atoms with E-state index in [0.29, 0.717) is 24.2 Å². The van der Waals surface area contributed by atoms with E-state index in [2.05, 4.69) is 4.98 Å². The lowest BCUT2D eigenvalue weighted by molar-refractivity contribution is -0.134. The van der Waals surface area contributed by atoms with Crippen LogP contribution in [0, 0.1) is 20.8 Å². The van der Waals surface area contributed by atoms with Crippen LogP contribution in [0.3, 0.4) is 0 Å². The van der Waals surface area contributed by atoms with E-state index in [0.717, 1.165) is 28.0 Å². The fourth-order valence-corrected chi connectivity index (χ4v) is 4.46. The molecule has 7 nitrogen and oxygen atoms in total. The molecular formula is C23H29N3O4S. The number of carbonyl (C=O) groups is 1. The summed E-state index contributed by atoms with van der Waals surface area (Å²) in [5, 5.41) is 0. The third-order valence-electron chi connectivity index (χ3n) is 5.54. The molecule has 0 spiro atoms. The zero-order valence-corrected chi connectivity index (χ0v) is 19.7. The van der Waals surface area contributed by atoms with Crippen molar-refractivity contribution in [1.29, 1.82) is 0 Å². The van der Waals surface area contributed by atoms with Crippen LogP contribution in [0.15, 0.2) is 35.2 Å². The molecule has 166 valence electrons. The van der Waals surface area contributed by atoms with Gasteiger partial charge in [-0.1, -0.05) is 12.1 Å². The Hall–Kier alpha value is -2.71. The lowest BCUT2D eigenvalue weighted by Crippen LogP contribution is -2.22. The van der Waals surface area contributed by atoms with Crippen molar-refractivity contribution in [3.05, 3.63) is 52.8 Å². The van der Waals surface area contributed by atoms with E-state index in [1.165, 1.54) is 18.4 Å². The van der Waals surface area contributed by atoms with E-state index >= 15 is 0 Å². The van der Waals surface area contributed by atoms with Gasteiger partial charge in [0.05, 0.1) is 22.3 Å². The van der Waals surface area contributed by atoms with Crippen LogP contribution in [0.25, 0.3) is 11.0 Å². The monoisotopic (exact) mass is 443 g/mol. The number of sulfonamides is 1. The largest absolute Gasteiger partial charge is 0.426 e. The number of hydrogen-bond donors (Lipinski definition) is 0. The van der Waals surface area contributed by atoms with Gasteiger partial charge in [-0.2, -0.15) is 0 Å². The van der Waals surface area contributed by atoms with Gasteiger partial charge in [0, 0.05) is 27.1 Å². The van der Waals surface area contributed by atoms with Crippen LogP contribution < -0.4 is 4.74 Å². The molecule has 0 atom stereocenters. The molecule has 1 heterocycles. The molecular weight excluding hydrogens is 414 g/mol. The predicted octanol–water partition coefficient (Wildman–Crippen LogP) is 3.77. The molecule has 2 aromatic carbocycles. The first-order valence-corrected chi connectivity index (χ1v) is 11.7. The van der Waals surface area contributed by atoms with Crippen molar-refractivity contribution in [2.45, 2.75) is 52.0 Å². The highest BCUT2D eigenvalue weighted by atomic mass is 32.2. The Morgan fingerprint density at radius 1 is 1.10 bits per heavy atom. The Bertz CT molecular complexity index is 1240.